The Hall–Kier alpha value is -0.570. The van der Waals surface area contributed by atoms with Crippen LogP contribution in [0.5, 0.6) is 0 Å². The summed E-state index contributed by atoms with van der Waals surface area (Å²) in [6, 6.07) is 0. The Morgan fingerprint density at radius 3 is 2.69 bits per heavy atom. The molecule has 4 unspecified atom stereocenters. The summed E-state index contributed by atoms with van der Waals surface area (Å²) in [7, 11) is 1.64. The molecule has 0 radical (unpaired) electrons. The Balaban J connectivity index is 2.36. The van der Waals surface area contributed by atoms with E-state index in [4.69, 9.17) is 4.74 Å². The lowest BCUT2D eigenvalue weighted by Crippen LogP contribution is -2.41. The van der Waals surface area contributed by atoms with Gasteiger partial charge in [0.25, 0.3) is 0 Å². The summed E-state index contributed by atoms with van der Waals surface area (Å²) >= 11 is 0. The molecule has 2 fully saturated rings. The van der Waals surface area contributed by atoms with Crippen molar-refractivity contribution < 1.29 is 14.6 Å². The molecule has 0 saturated heterocycles. The molecule has 0 amide bonds. The van der Waals surface area contributed by atoms with Gasteiger partial charge < -0.3 is 9.84 Å². The first-order valence-electron chi connectivity index (χ1n) is 4.89. The Morgan fingerprint density at radius 1 is 1.62 bits per heavy atom. The Kier molecular flexibility index (Phi) is 1.88. The van der Waals surface area contributed by atoms with E-state index in [1.54, 1.807) is 7.11 Å². The molecule has 3 heteroatoms. The lowest BCUT2D eigenvalue weighted by atomic mass is 9.75. The summed E-state index contributed by atoms with van der Waals surface area (Å²) in [5, 5.41) is 9.28. The van der Waals surface area contributed by atoms with Gasteiger partial charge in [-0.15, -0.1) is 0 Å². The molecule has 74 valence electrons. The van der Waals surface area contributed by atoms with E-state index in [1.165, 1.54) is 0 Å². The van der Waals surface area contributed by atoms with Crippen LogP contribution in [0.3, 0.4) is 0 Å². The second-order valence-corrected chi connectivity index (χ2v) is 4.44. The van der Waals surface area contributed by atoms with Gasteiger partial charge in [0.15, 0.2) is 0 Å². The van der Waals surface area contributed by atoms with Crippen molar-refractivity contribution >= 4 is 5.97 Å². The number of carboxylic acid groups (broad SMARTS) is 1. The van der Waals surface area contributed by atoms with Crippen molar-refractivity contribution in [1.82, 2.24) is 0 Å². The van der Waals surface area contributed by atoms with Gasteiger partial charge in [0, 0.05) is 7.11 Å². The first-order chi connectivity index (χ1) is 6.13. The lowest BCUT2D eigenvalue weighted by Gasteiger charge is -2.30. The van der Waals surface area contributed by atoms with Gasteiger partial charge in [-0.05, 0) is 31.1 Å². The number of carbonyl (C=O) groups is 1. The molecular weight excluding hydrogens is 168 g/mol. The van der Waals surface area contributed by atoms with Crippen molar-refractivity contribution in [3.05, 3.63) is 0 Å². The van der Waals surface area contributed by atoms with Crippen LogP contribution in [-0.2, 0) is 9.53 Å². The third-order valence-electron chi connectivity index (χ3n) is 4.05. The number of ether oxygens (including phenoxy) is 1. The van der Waals surface area contributed by atoms with E-state index in [2.05, 4.69) is 0 Å². The highest BCUT2D eigenvalue weighted by Gasteiger charge is 2.62. The van der Waals surface area contributed by atoms with Gasteiger partial charge in [0.2, 0.25) is 0 Å². The molecule has 0 heterocycles. The molecule has 0 aliphatic heterocycles. The molecule has 2 bridgehead atoms. The van der Waals surface area contributed by atoms with Crippen molar-refractivity contribution in [2.75, 3.05) is 7.11 Å². The van der Waals surface area contributed by atoms with Crippen LogP contribution in [0.1, 0.15) is 26.2 Å². The van der Waals surface area contributed by atoms with Crippen LogP contribution in [0.15, 0.2) is 0 Å². The van der Waals surface area contributed by atoms with E-state index < -0.39 is 11.4 Å². The summed E-state index contributed by atoms with van der Waals surface area (Å²) in [5.41, 5.74) is -0.570. The molecule has 0 aromatic heterocycles. The number of aliphatic carboxylic acids is 1. The zero-order valence-corrected chi connectivity index (χ0v) is 8.12. The number of rotatable bonds is 2. The van der Waals surface area contributed by atoms with Gasteiger partial charge in [0.1, 0.15) is 0 Å². The maximum Gasteiger partial charge on any atom is 0.312 e. The van der Waals surface area contributed by atoms with Crippen molar-refractivity contribution in [1.29, 1.82) is 0 Å². The Labute approximate surface area is 78.1 Å². The normalized spacial score (nSPS) is 48.3. The molecule has 13 heavy (non-hydrogen) atoms. The van der Waals surface area contributed by atoms with Gasteiger partial charge >= 0.3 is 5.97 Å². The van der Waals surface area contributed by atoms with Gasteiger partial charge in [0.05, 0.1) is 11.5 Å². The zero-order chi connectivity index (χ0) is 9.64. The minimum absolute atomic E-state index is 0.0417. The van der Waals surface area contributed by atoms with Crippen molar-refractivity contribution in [3.63, 3.8) is 0 Å². The van der Waals surface area contributed by atoms with Crippen molar-refractivity contribution in [2.24, 2.45) is 17.3 Å². The summed E-state index contributed by atoms with van der Waals surface area (Å²) in [6.45, 7) is 2.04. The average Bonchev–Trinajstić information content (AvgIpc) is 2.55. The van der Waals surface area contributed by atoms with Crippen LogP contribution in [0.4, 0.5) is 0 Å². The van der Waals surface area contributed by atoms with Crippen LogP contribution >= 0.6 is 0 Å². The van der Waals surface area contributed by atoms with E-state index >= 15 is 0 Å². The lowest BCUT2D eigenvalue weighted by molar-refractivity contribution is -0.157. The molecule has 2 saturated carbocycles. The molecule has 2 rings (SSSR count). The van der Waals surface area contributed by atoms with Gasteiger partial charge in [-0.1, -0.05) is 6.92 Å². The smallest absolute Gasteiger partial charge is 0.312 e. The van der Waals surface area contributed by atoms with Crippen LogP contribution in [0.25, 0.3) is 0 Å². The van der Waals surface area contributed by atoms with E-state index in [9.17, 15) is 9.90 Å². The highest BCUT2D eigenvalue weighted by Crippen LogP contribution is 2.58. The standard InChI is InChI=1S/C10H16O3/c1-6-5-7-3-4-10(6,9(11)12)8(7)13-2/h6-8H,3-5H2,1-2H3,(H,11,12). The zero-order valence-electron chi connectivity index (χ0n) is 8.12. The van der Waals surface area contributed by atoms with Gasteiger partial charge in [-0.3, -0.25) is 4.79 Å². The summed E-state index contributed by atoms with van der Waals surface area (Å²) in [6.07, 6.45) is 2.80. The third-order valence-corrected chi connectivity index (χ3v) is 4.05. The molecule has 2 aliphatic carbocycles. The summed E-state index contributed by atoms with van der Waals surface area (Å²) < 4.78 is 5.35. The van der Waals surface area contributed by atoms with Crippen molar-refractivity contribution in [2.45, 2.75) is 32.3 Å². The number of carboxylic acids is 1. The van der Waals surface area contributed by atoms with Crippen LogP contribution < -0.4 is 0 Å². The molecule has 3 nitrogen and oxygen atoms in total. The largest absolute Gasteiger partial charge is 0.481 e. The maximum atomic E-state index is 11.3. The second-order valence-electron chi connectivity index (χ2n) is 4.44. The SMILES string of the molecule is COC1C2CCC1(C(=O)O)C(C)C2. The van der Waals surface area contributed by atoms with E-state index in [-0.39, 0.29) is 12.0 Å². The maximum absolute atomic E-state index is 11.3. The molecule has 0 aromatic rings. The first kappa shape index (κ1) is 9.00. The third kappa shape index (κ3) is 0.909. The van der Waals surface area contributed by atoms with Gasteiger partial charge in [-0.25, -0.2) is 0 Å². The predicted octanol–water partition coefficient (Wildman–Crippen LogP) is 1.52. The number of methoxy groups -OCH3 is 1. The summed E-state index contributed by atoms with van der Waals surface area (Å²) in [4.78, 5) is 11.3. The fourth-order valence-electron chi connectivity index (χ4n) is 3.41. The quantitative estimate of drug-likeness (QED) is 0.707. The van der Waals surface area contributed by atoms with E-state index in [0.717, 1.165) is 19.3 Å². The fraction of sp³-hybridized carbons (Fsp3) is 0.900. The molecule has 1 N–H and O–H groups in total. The van der Waals surface area contributed by atoms with E-state index in [1.807, 2.05) is 6.92 Å². The van der Waals surface area contributed by atoms with Crippen LogP contribution in [0.2, 0.25) is 0 Å². The molecule has 0 spiro atoms. The first-order valence-corrected chi connectivity index (χ1v) is 4.89. The molecular formula is C10H16O3. The highest BCUT2D eigenvalue weighted by atomic mass is 16.5. The number of hydrogen-bond acceptors (Lipinski definition) is 2. The minimum Gasteiger partial charge on any atom is -0.481 e. The van der Waals surface area contributed by atoms with Crippen molar-refractivity contribution in [3.8, 4) is 0 Å². The molecule has 2 aliphatic rings. The van der Waals surface area contributed by atoms with Crippen LogP contribution in [-0.4, -0.2) is 24.3 Å². The van der Waals surface area contributed by atoms with Crippen LogP contribution in [0, 0.1) is 17.3 Å². The van der Waals surface area contributed by atoms with E-state index in [0.29, 0.717) is 5.92 Å². The predicted molar refractivity (Wildman–Crippen MR) is 47.4 cm³/mol. The summed E-state index contributed by atoms with van der Waals surface area (Å²) in [5.74, 6) is 0.0941. The second kappa shape index (κ2) is 2.71. The average molecular weight is 184 g/mol. The fourth-order valence-corrected chi connectivity index (χ4v) is 3.41. The Bertz CT molecular complexity index is 238. The Morgan fingerprint density at radius 2 is 2.31 bits per heavy atom. The highest BCUT2D eigenvalue weighted by molar-refractivity contribution is 5.77. The molecule has 4 atom stereocenters. The molecule has 0 aromatic carbocycles. The number of fused-ring (bicyclic) bond motifs is 2. The number of hydrogen-bond donors (Lipinski definition) is 1. The topological polar surface area (TPSA) is 46.5 Å². The van der Waals surface area contributed by atoms with Gasteiger partial charge in [-0.2, -0.15) is 0 Å². The minimum atomic E-state index is -0.660. The monoisotopic (exact) mass is 184 g/mol.